The van der Waals surface area contributed by atoms with E-state index in [0.717, 1.165) is 10.6 Å². The maximum absolute atomic E-state index is 12.5. The number of fused-ring (bicyclic) bond motifs is 1. The van der Waals surface area contributed by atoms with Crippen LogP contribution < -0.4 is 5.32 Å². The predicted octanol–water partition coefficient (Wildman–Crippen LogP) is 1.24. The average Bonchev–Trinajstić information content (AvgIpc) is 2.69. The molecule has 96 valence electrons. The molecular formula is C9H7F3N4O2. The number of anilines is 1. The Labute approximate surface area is 98.1 Å². The van der Waals surface area contributed by atoms with E-state index in [1.54, 1.807) is 0 Å². The molecule has 0 fully saturated rings. The first kappa shape index (κ1) is 12.1. The van der Waals surface area contributed by atoms with Crippen molar-refractivity contribution < 1.29 is 23.1 Å². The molecule has 2 rings (SSSR count). The summed E-state index contributed by atoms with van der Waals surface area (Å²) < 4.78 is 38.4. The molecule has 0 atom stereocenters. The number of carboxylic acid groups (broad SMARTS) is 1. The van der Waals surface area contributed by atoms with Crippen LogP contribution in [0.2, 0.25) is 0 Å². The van der Waals surface area contributed by atoms with Gasteiger partial charge in [0.15, 0.2) is 11.5 Å². The number of carbonyl (C=O) groups is 1. The van der Waals surface area contributed by atoms with Gasteiger partial charge in [-0.3, -0.25) is 4.79 Å². The van der Waals surface area contributed by atoms with Crippen molar-refractivity contribution in [2.75, 3.05) is 11.9 Å². The lowest BCUT2D eigenvalue weighted by Gasteiger charge is -2.03. The maximum atomic E-state index is 12.5. The van der Waals surface area contributed by atoms with Crippen molar-refractivity contribution in [2.45, 2.75) is 6.18 Å². The first-order valence-corrected chi connectivity index (χ1v) is 4.75. The molecule has 2 heterocycles. The van der Waals surface area contributed by atoms with Gasteiger partial charge in [0.25, 0.3) is 0 Å². The normalized spacial score (nSPS) is 11.7. The quantitative estimate of drug-likeness (QED) is 0.868. The fourth-order valence-corrected chi connectivity index (χ4v) is 1.36. The summed E-state index contributed by atoms with van der Waals surface area (Å²) in [4.78, 5) is 14.2. The zero-order valence-corrected chi connectivity index (χ0v) is 8.77. The van der Waals surface area contributed by atoms with Gasteiger partial charge in [-0.1, -0.05) is 0 Å². The minimum Gasteiger partial charge on any atom is -0.480 e. The van der Waals surface area contributed by atoms with E-state index in [4.69, 9.17) is 5.11 Å². The number of hydrogen-bond acceptors (Lipinski definition) is 4. The molecule has 2 aromatic heterocycles. The standard InChI is InChI=1S/C9H7F3N4O2/c10-9(11,12)6-3-5-8(14-4-7(17)18)13-1-2-16(5)15-6/h1-3H,4H2,(H,13,14)(H,17,18). The van der Waals surface area contributed by atoms with E-state index < -0.39 is 24.4 Å². The van der Waals surface area contributed by atoms with Crippen LogP contribution in [0.5, 0.6) is 0 Å². The monoisotopic (exact) mass is 260 g/mol. The van der Waals surface area contributed by atoms with E-state index >= 15 is 0 Å². The topological polar surface area (TPSA) is 79.5 Å². The maximum Gasteiger partial charge on any atom is 0.435 e. The fraction of sp³-hybridized carbons (Fsp3) is 0.222. The molecule has 0 unspecified atom stereocenters. The minimum absolute atomic E-state index is 0.0305. The first-order valence-electron chi connectivity index (χ1n) is 4.75. The molecule has 0 aliphatic heterocycles. The highest BCUT2D eigenvalue weighted by atomic mass is 19.4. The number of nitrogens with one attached hydrogen (secondary N) is 1. The third kappa shape index (κ3) is 2.34. The zero-order chi connectivity index (χ0) is 13.3. The van der Waals surface area contributed by atoms with Gasteiger partial charge in [0, 0.05) is 18.5 Å². The van der Waals surface area contributed by atoms with Gasteiger partial charge in [0.1, 0.15) is 12.1 Å². The third-order valence-corrected chi connectivity index (χ3v) is 2.09. The number of rotatable bonds is 3. The van der Waals surface area contributed by atoms with Gasteiger partial charge in [0.05, 0.1) is 0 Å². The Morgan fingerprint density at radius 1 is 1.50 bits per heavy atom. The molecule has 2 N–H and O–H groups in total. The van der Waals surface area contributed by atoms with Crippen molar-refractivity contribution in [2.24, 2.45) is 0 Å². The number of aromatic nitrogens is 3. The molecule has 6 nitrogen and oxygen atoms in total. The van der Waals surface area contributed by atoms with Crippen molar-refractivity contribution >= 4 is 17.3 Å². The van der Waals surface area contributed by atoms with Crippen LogP contribution in [0, 0.1) is 0 Å². The Kier molecular flexibility index (Phi) is 2.81. The Balaban J connectivity index is 2.42. The van der Waals surface area contributed by atoms with Crippen LogP contribution in [-0.2, 0) is 11.0 Å². The lowest BCUT2D eigenvalue weighted by Crippen LogP contribution is -2.13. The lowest BCUT2D eigenvalue weighted by atomic mass is 10.3. The molecule has 0 aliphatic carbocycles. The van der Waals surface area contributed by atoms with E-state index in [1.807, 2.05) is 0 Å². The second-order valence-electron chi connectivity index (χ2n) is 3.38. The number of aliphatic carboxylic acids is 1. The summed E-state index contributed by atoms with van der Waals surface area (Å²) >= 11 is 0. The molecule has 0 spiro atoms. The van der Waals surface area contributed by atoms with Crippen LogP contribution in [0.1, 0.15) is 5.69 Å². The van der Waals surface area contributed by atoms with Crippen molar-refractivity contribution in [3.8, 4) is 0 Å². The minimum atomic E-state index is -4.56. The summed E-state index contributed by atoms with van der Waals surface area (Å²) in [5.74, 6) is -1.11. The molecule has 0 radical (unpaired) electrons. The SMILES string of the molecule is O=C(O)CNc1nccn2nc(C(F)(F)F)cc12. The van der Waals surface area contributed by atoms with Gasteiger partial charge >= 0.3 is 12.1 Å². The number of alkyl halides is 3. The first-order chi connectivity index (χ1) is 8.38. The van der Waals surface area contributed by atoms with Crippen molar-refractivity contribution in [3.63, 3.8) is 0 Å². The van der Waals surface area contributed by atoms with Crippen LogP contribution in [-0.4, -0.2) is 32.2 Å². The van der Waals surface area contributed by atoms with Crippen LogP contribution in [0.4, 0.5) is 19.0 Å². The van der Waals surface area contributed by atoms with Gasteiger partial charge < -0.3 is 10.4 Å². The van der Waals surface area contributed by atoms with Crippen molar-refractivity contribution in [1.82, 2.24) is 14.6 Å². The number of carboxylic acids is 1. The molecular weight excluding hydrogens is 253 g/mol. The van der Waals surface area contributed by atoms with Crippen molar-refractivity contribution in [1.29, 1.82) is 0 Å². The highest BCUT2D eigenvalue weighted by Gasteiger charge is 2.34. The van der Waals surface area contributed by atoms with Gasteiger partial charge in [-0.05, 0) is 0 Å². The Morgan fingerprint density at radius 3 is 2.83 bits per heavy atom. The smallest absolute Gasteiger partial charge is 0.435 e. The van der Waals surface area contributed by atoms with Crippen LogP contribution in [0.25, 0.3) is 5.52 Å². The van der Waals surface area contributed by atoms with E-state index in [9.17, 15) is 18.0 Å². The van der Waals surface area contributed by atoms with Gasteiger partial charge in [-0.2, -0.15) is 18.3 Å². The molecule has 18 heavy (non-hydrogen) atoms. The second-order valence-corrected chi connectivity index (χ2v) is 3.38. The largest absolute Gasteiger partial charge is 0.480 e. The molecule has 0 aromatic carbocycles. The van der Waals surface area contributed by atoms with E-state index in [-0.39, 0.29) is 11.3 Å². The highest BCUT2D eigenvalue weighted by Crippen LogP contribution is 2.29. The highest BCUT2D eigenvalue weighted by molar-refractivity contribution is 5.76. The Hall–Kier alpha value is -2.32. The zero-order valence-electron chi connectivity index (χ0n) is 8.77. The predicted molar refractivity (Wildman–Crippen MR) is 54.1 cm³/mol. The van der Waals surface area contributed by atoms with Crippen molar-refractivity contribution in [3.05, 3.63) is 24.2 Å². The number of nitrogens with zero attached hydrogens (tertiary/aromatic N) is 3. The van der Waals surface area contributed by atoms with Crippen LogP contribution >= 0.6 is 0 Å². The molecule has 0 saturated carbocycles. The molecule has 2 aromatic rings. The van der Waals surface area contributed by atoms with Crippen LogP contribution in [0.3, 0.4) is 0 Å². The summed E-state index contributed by atoms with van der Waals surface area (Å²) in [6, 6.07) is 0.803. The third-order valence-electron chi connectivity index (χ3n) is 2.09. The van der Waals surface area contributed by atoms with Gasteiger partial charge in [-0.15, -0.1) is 0 Å². The van der Waals surface area contributed by atoms with E-state index in [2.05, 4.69) is 15.4 Å². The second kappa shape index (κ2) is 4.17. The molecule has 0 amide bonds. The van der Waals surface area contributed by atoms with E-state index in [0.29, 0.717) is 0 Å². The van der Waals surface area contributed by atoms with Crippen LogP contribution in [0.15, 0.2) is 18.5 Å². The molecule has 9 heteroatoms. The average molecular weight is 260 g/mol. The Bertz CT molecular complexity index is 593. The lowest BCUT2D eigenvalue weighted by molar-refractivity contribution is -0.141. The fourth-order valence-electron chi connectivity index (χ4n) is 1.36. The summed E-state index contributed by atoms with van der Waals surface area (Å²) in [5, 5.41) is 14.2. The molecule has 0 aliphatic rings. The molecule has 0 saturated heterocycles. The summed E-state index contributed by atoms with van der Waals surface area (Å²) in [5.41, 5.74) is -1.00. The summed E-state index contributed by atoms with van der Waals surface area (Å²) in [6.07, 6.45) is -2.09. The summed E-state index contributed by atoms with van der Waals surface area (Å²) in [6.45, 7) is -0.445. The Morgan fingerprint density at radius 2 is 2.22 bits per heavy atom. The number of hydrogen-bond donors (Lipinski definition) is 2. The van der Waals surface area contributed by atoms with Gasteiger partial charge in [-0.25, -0.2) is 9.50 Å². The molecule has 0 bridgehead atoms. The number of halogens is 3. The summed E-state index contributed by atoms with van der Waals surface area (Å²) in [7, 11) is 0. The van der Waals surface area contributed by atoms with E-state index in [1.165, 1.54) is 12.4 Å². The van der Waals surface area contributed by atoms with Gasteiger partial charge in [0.2, 0.25) is 0 Å².